The summed E-state index contributed by atoms with van der Waals surface area (Å²) in [6.45, 7) is 5.04. The summed E-state index contributed by atoms with van der Waals surface area (Å²) in [5, 5.41) is 2.32. The Bertz CT molecular complexity index is 871. The van der Waals surface area contributed by atoms with Gasteiger partial charge in [-0.15, -0.1) is 0 Å². The maximum atomic E-state index is 14.9. The van der Waals surface area contributed by atoms with E-state index in [0.717, 1.165) is 32.5 Å². The second-order valence-corrected chi connectivity index (χ2v) is 9.04. The second-order valence-electron chi connectivity index (χ2n) is 9.04. The highest BCUT2D eigenvalue weighted by molar-refractivity contribution is 6.00. The molecule has 9 heteroatoms. The molecule has 0 radical (unpaired) electrons. The molecule has 3 heterocycles. The number of halogens is 1. The molecule has 0 aliphatic carbocycles. The largest absolute Gasteiger partial charge is 0.367 e. The van der Waals surface area contributed by atoms with Crippen LogP contribution >= 0.6 is 0 Å². The van der Waals surface area contributed by atoms with E-state index in [1.54, 1.807) is 12.1 Å². The SMILES string of the molecule is NC1CCCN(C(=O)CCN2CCN(c3ccc(C4CCC(=O)NC4=O)cc3F)CC2)C1. The van der Waals surface area contributed by atoms with Crippen molar-refractivity contribution in [3.8, 4) is 0 Å². The first-order valence-corrected chi connectivity index (χ1v) is 11.5. The minimum atomic E-state index is -0.486. The lowest BCUT2D eigenvalue weighted by molar-refractivity contribution is -0.134. The average molecular weight is 446 g/mol. The molecule has 3 saturated heterocycles. The van der Waals surface area contributed by atoms with E-state index in [1.807, 2.05) is 9.80 Å². The molecule has 0 aromatic heterocycles. The number of likely N-dealkylation sites (tertiary alicyclic amines) is 1. The lowest BCUT2D eigenvalue weighted by Gasteiger charge is -2.37. The number of carbonyl (C=O) groups is 3. The van der Waals surface area contributed by atoms with Crippen LogP contribution in [0.2, 0.25) is 0 Å². The number of rotatable bonds is 5. The van der Waals surface area contributed by atoms with Gasteiger partial charge in [0.2, 0.25) is 17.7 Å². The number of hydrogen-bond donors (Lipinski definition) is 2. The third kappa shape index (κ3) is 5.27. The van der Waals surface area contributed by atoms with Crippen LogP contribution in [0.3, 0.4) is 0 Å². The molecule has 4 rings (SSSR count). The van der Waals surface area contributed by atoms with E-state index >= 15 is 0 Å². The summed E-state index contributed by atoms with van der Waals surface area (Å²) in [6.07, 6.45) is 3.12. The quantitative estimate of drug-likeness (QED) is 0.651. The number of nitrogens with one attached hydrogen (secondary N) is 1. The van der Waals surface area contributed by atoms with Gasteiger partial charge in [-0.25, -0.2) is 4.39 Å². The summed E-state index contributed by atoms with van der Waals surface area (Å²) in [5.41, 5.74) is 7.10. The highest BCUT2D eigenvalue weighted by atomic mass is 19.1. The zero-order valence-electron chi connectivity index (χ0n) is 18.4. The van der Waals surface area contributed by atoms with E-state index in [4.69, 9.17) is 5.73 Å². The maximum Gasteiger partial charge on any atom is 0.234 e. The number of carbonyl (C=O) groups excluding carboxylic acids is 3. The van der Waals surface area contributed by atoms with Gasteiger partial charge in [0.25, 0.3) is 0 Å². The van der Waals surface area contributed by atoms with E-state index < -0.39 is 5.92 Å². The molecular weight excluding hydrogens is 413 g/mol. The monoisotopic (exact) mass is 445 g/mol. The van der Waals surface area contributed by atoms with Gasteiger partial charge < -0.3 is 15.5 Å². The van der Waals surface area contributed by atoms with Crippen LogP contribution in [-0.2, 0) is 14.4 Å². The molecule has 0 saturated carbocycles. The number of benzene rings is 1. The van der Waals surface area contributed by atoms with Crippen molar-refractivity contribution in [1.29, 1.82) is 0 Å². The minimum Gasteiger partial charge on any atom is -0.367 e. The molecule has 8 nitrogen and oxygen atoms in total. The van der Waals surface area contributed by atoms with E-state index in [1.165, 1.54) is 6.07 Å². The molecule has 3 N–H and O–H groups in total. The van der Waals surface area contributed by atoms with E-state index in [-0.39, 0.29) is 36.0 Å². The molecule has 1 aromatic rings. The van der Waals surface area contributed by atoms with Crippen LogP contribution in [0.1, 0.15) is 43.6 Å². The van der Waals surface area contributed by atoms with Gasteiger partial charge in [-0.2, -0.15) is 0 Å². The van der Waals surface area contributed by atoms with Crippen molar-refractivity contribution in [3.05, 3.63) is 29.6 Å². The smallest absolute Gasteiger partial charge is 0.234 e. The third-order valence-electron chi connectivity index (χ3n) is 6.78. The topological polar surface area (TPSA) is 99.0 Å². The summed E-state index contributed by atoms with van der Waals surface area (Å²) in [5.74, 6) is -1.31. The van der Waals surface area contributed by atoms with Crippen LogP contribution in [0, 0.1) is 5.82 Å². The summed E-state index contributed by atoms with van der Waals surface area (Å²) in [4.78, 5) is 42.0. The highest BCUT2D eigenvalue weighted by Gasteiger charge is 2.29. The molecule has 0 spiro atoms. The summed E-state index contributed by atoms with van der Waals surface area (Å²) in [6, 6.07) is 5.02. The number of imide groups is 1. The number of nitrogens with zero attached hydrogens (tertiary/aromatic N) is 3. The minimum absolute atomic E-state index is 0.0903. The first-order valence-electron chi connectivity index (χ1n) is 11.5. The van der Waals surface area contributed by atoms with Gasteiger partial charge in [0, 0.05) is 64.7 Å². The van der Waals surface area contributed by atoms with Gasteiger partial charge in [0.05, 0.1) is 11.6 Å². The van der Waals surface area contributed by atoms with Gasteiger partial charge >= 0.3 is 0 Å². The first-order chi connectivity index (χ1) is 15.4. The number of anilines is 1. The van der Waals surface area contributed by atoms with E-state index in [0.29, 0.717) is 50.3 Å². The molecule has 3 amide bonds. The Kier molecular flexibility index (Phi) is 7.05. The fourth-order valence-corrected chi connectivity index (χ4v) is 4.87. The molecule has 3 aliphatic heterocycles. The van der Waals surface area contributed by atoms with Crippen LogP contribution in [0.4, 0.5) is 10.1 Å². The van der Waals surface area contributed by atoms with Crippen molar-refractivity contribution in [3.63, 3.8) is 0 Å². The van der Waals surface area contributed by atoms with E-state index in [2.05, 4.69) is 10.2 Å². The maximum absolute atomic E-state index is 14.9. The second kappa shape index (κ2) is 9.95. The Hall–Kier alpha value is -2.52. The standard InChI is InChI=1S/C23H32FN5O3/c24-19-14-16(18-4-6-21(30)26-23(18)32)3-5-20(19)28-12-10-27(11-13-28)9-7-22(31)29-8-1-2-17(25)15-29/h3,5,14,17-18H,1-2,4,6-13,15,25H2,(H,26,30,32). The first kappa shape index (κ1) is 22.7. The zero-order chi connectivity index (χ0) is 22.7. The van der Waals surface area contributed by atoms with Crippen molar-refractivity contribution in [2.45, 2.75) is 44.1 Å². The normalized spacial score (nSPS) is 25.1. The number of nitrogens with two attached hydrogens (primary N) is 1. The number of amides is 3. The van der Waals surface area contributed by atoms with Crippen molar-refractivity contribution in [1.82, 2.24) is 15.1 Å². The summed E-state index contributed by atoms with van der Waals surface area (Å²) >= 11 is 0. The molecule has 0 bridgehead atoms. The molecule has 32 heavy (non-hydrogen) atoms. The van der Waals surface area contributed by atoms with Crippen LogP contribution in [0.5, 0.6) is 0 Å². The number of piperidine rings is 2. The number of hydrogen-bond acceptors (Lipinski definition) is 6. The van der Waals surface area contributed by atoms with E-state index in [9.17, 15) is 18.8 Å². The van der Waals surface area contributed by atoms with Gasteiger partial charge in [-0.1, -0.05) is 6.07 Å². The Balaban J connectivity index is 1.27. The lowest BCUT2D eigenvalue weighted by Crippen LogP contribution is -2.49. The lowest BCUT2D eigenvalue weighted by atomic mass is 9.90. The highest BCUT2D eigenvalue weighted by Crippen LogP contribution is 2.29. The summed E-state index contributed by atoms with van der Waals surface area (Å²) < 4.78 is 14.9. The van der Waals surface area contributed by atoms with Crippen LogP contribution in [0.25, 0.3) is 0 Å². The van der Waals surface area contributed by atoms with Crippen molar-refractivity contribution in [2.75, 3.05) is 50.7 Å². The van der Waals surface area contributed by atoms with Crippen LogP contribution in [-0.4, -0.2) is 79.4 Å². The molecule has 2 unspecified atom stereocenters. The van der Waals surface area contributed by atoms with Gasteiger partial charge in [0.1, 0.15) is 5.82 Å². The predicted octanol–water partition coefficient (Wildman–Crippen LogP) is 0.808. The zero-order valence-corrected chi connectivity index (χ0v) is 18.4. The van der Waals surface area contributed by atoms with Gasteiger partial charge in [-0.05, 0) is 37.0 Å². The van der Waals surface area contributed by atoms with Gasteiger partial charge in [-0.3, -0.25) is 24.6 Å². The molecular formula is C23H32FN5O3. The molecule has 2 atom stereocenters. The molecule has 3 fully saturated rings. The predicted molar refractivity (Wildman–Crippen MR) is 119 cm³/mol. The Morgan fingerprint density at radius 1 is 1.12 bits per heavy atom. The van der Waals surface area contributed by atoms with Gasteiger partial charge in [0.15, 0.2) is 0 Å². The molecule has 1 aromatic carbocycles. The average Bonchev–Trinajstić information content (AvgIpc) is 2.78. The van der Waals surface area contributed by atoms with Crippen LogP contribution in [0.15, 0.2) is 18.2 Å². The van der Waals surface area contributed by atoms with Crippen molar-refractivity contribution >= 4 is 23.4 Å². The Morgan fingerprint density at radius 2 is 1.91 bits per heavy atom. The Labute approximate surface area is 187 Å². The molecule has 174 valence electrons. The molecule has 3 aliphatic rings. The fraction of sp³-hybridized carbons (Fsp3) is 0.609. The van der Waals surface area contributed by atoms with Crippen molar-refractivity contribution < 1.29 is 18.8 Å². The summed E-state index contributed by atoms with van der Waals surface area (Å²) in [7, 11) is 0. The van der Waals surface area contributed by atoms with Crippen LogP contribution < -0.4 is 16.0 Å². The third-order valence-corrected chi connectivity index (χ3v) is 6.78. The number of piperazine rings is 1. The Morgan fingerprint density at radius 3 is 2.59 bits per heavy atom. The fourth-order valence-electron chi connectivity index (χ4n) is 4.87. The van der Waals surface area contributed by atoms with Crippen molar-refractivity contribution in [2.24, 2.45) is 5.73 Å².